The van der Waals surface area contributed by atoms with Crippen LogP contribution in [0, 0.1) is 0 Å². The van der Waals surface area contributed by atoms with Crippen LogP contribution in [0.5, 0.6) is 0 Å². The van der Waals surface area contributed by atoms with E-state index in [9.17, 15) is 0 Å². The van der Waals surface area contributed by atoms with E-state index in [1.807, 2.05) is 37.6 Å². The van der Waals surface area contributed by atoms with Crippen molar-refractivity contribution in [1.82, 2.24) is 9.88 Å². The minimum absolute atomic E-state index is 0.200. The number of hydrogen-bond donors (Lipinski definition) is 2. The molecule has 0 radical (unpaired) electrons. The van der Waals surface area contributed by atoms with Crippen LogP contribution in [0.2, 0.25) is 10.0 Å². The third kappa shape index (κ3) is 4.40. The van der Waals surface area contributed by atoms with Crippen LogP contribution in [0.4, 0.5) is 11.4 Å². The molecule has 0 bridgehead atoms. The first-order valence-electron chi connectivity index (χ1n) is 9.22. The van der Waals surface area contributed by atoms with E-state index in [0.717, 1.165) is 48.1 Å². The van der Waals surface area contributed by atoms with Crippen molar-refractivity contribution in [3.8, 4) is 0 Å². The molecule has 0 saturated carbocycles. The Morgan fingerprint density at radius 3 is 2.48 bits per heavy atom. The molecule has 1 saturated heterocycles. The molecule has 0 aliphatic carbocycles. The number of benzene rings is 1. The fraction of sp³-hybridized carbons (Fsp3) is 0.474. The maximum absolute atomic E-state index is 6.22. The number of hydrogen-bond acceptors (Lipinski definition) is 5. The van der Waals surface area contributed by atoms with E-state index in [4.69, 9.17) is 28.2 Å². The van der Waals surface area contributed by atoms with Crippen LogP contribution in [0.1, 0.15) is 31.7 Å². The van der Waals surface area contributed by atoms with Crippen molar-refractivity contribution < 1.29 is 0 Å². The van der Waals surface area contributed by atoms with Crippen molar-refractivity contribution in [2.45, 2.75) is 38.8 Å². The quantitative estimate of drug-likeness (QED) is 0.677. The third-order valence-electron chi connectivity index (χ3n) is 4.84. The first-order valence-corrected chi connectivity index (χ1v) is 10.9. The number of halogens is 2. The van der Waals surface area contributed by atoms with Crippen LogP contribution in [-0.4, -0.2) is 41.4 Å². The maximum atomic E-state index is 6.22. The maximum Gasteiger partial charge on any atom is 0.127 e. The van der Waals surface area contributed by atoms with Gasteiger partial charge >= 0.3 is 0 Å². The highest BCUT2D eigenvalue weighted by atomic mass is 35.5. The number of anilines is 2. The number of piperidine rings is 1. The van der Waals surface area contributed by atoms with Gasteiger partial charge in [-0.2, -0.15) is 0 Å². The van der Waals surface area contributed by atoms with Gasteiger partial charge in [-0.05, 0) is 32.0 Å². The molecule has 0 amide bonds. The molecular formula is C19H25Cl2N5S. The van der Waals surface area contributed by atoms with Crippen LogP contribution >= 0.6 is 34.5 Å². The van der Waals surface area contributed by atoms with Gasteiger partial charge in [-0.3, -0.25) is 4.99 Å². The highest BCUT2D eigenvalue weighted by Gasteiger charge is 2.42. The monoisotopic (exact) mass is 425 g/mol. The predicted molar refractivity (Wildman–Crippen MR) is 118 cm³/mol. The molecule has 5 nitrogen and oxygen atoms in total. The van der Waals surface area contributed by atoms with Gasteiger partial charge in [0.2, 0.25) is 0 Å². The van der Waals surface area contributed by atoms with E-state index in [2.05, 4.69) is 27.6 Å². The molecule has 0 atom stereocenters. The number of rotatable bonds is 2. The van der Waals surface area contributed by atoms with Gasteiger partial charge in [0.05, 0.1) is 33.5 Å². The molecule has 146 valence electrons. The number of nitrogens with zero attached hydrogens (tertiary/aromatic N) is 3. The molecule has 1 aromatic heterocycles. The van der Waals surface area contributed by atoms with Gasteiger partial charge in [-0.25, -0.2) is 4.98 Å². The second-order valence-electron chi connectivity index (χ2n) is 6.54. The normalized spacial score (nSPS) is 19.7. The number of fused-ring (bicyclic) bond motifs is 1. The lowest BCUT2D eigenvalue weighted by Gasteiger charge is -2.46. The van der Waals surface area contributed by atoms with Gasteiger partial charge in [0.25, 0.3) is 0 Å². The highest BCUT2D eigenvalue weighted by Crippen LogP contribution is 2.40. The second-order valence-corrected chi connectivity index (χ2v) is 8.33. The molecule has 1 aromatic carbocycles. The number of thiazole rings is 1. The number of nitrogens with one attached hydrogen (secondary N) is 2. The molecule has 4 rings (SSSR count). The van der Waals surface area contributed by atoms with E-state index in [1.165, 1.54) is 0 Å². The Morgan fingerprint density at radius 1 is 1.19 bits per heavy atom. The summed E-state index contributed by atoms with van der Waals surface area (Å²) in [5.74, 6) is 0.960. The lowest BCUT2D eigenvalue weighted by molar-refractivity contribution is 0.240. The van der Waals surface area contributed by atoms with Crippen molar-refractivity contribution in [1.29, 1.82) is 0 Å². The zero-order chi connectivity index (χ0) is 19.4. The molecule has 1 spiro atoms. The standard InChI is InChI=1S/C17H19Cl2N5S.C2H6/c1-24-5-2-17(3-6-24)16(21-10-15-20-4-7-25-15)22-13-8-11(18)12(19)9-14(13)23-17;1-2/h4,7-9,23H,2-3,5-6,10H2,1H3,(H,21,22);1-2H3. The molecule has 2 N–H and O–H groups in total. The number of aromatic nitrogens is 1. The van der Waals surface area contributed by atoms with Gasteiger partial charge in [0.15, 0.2) is 0 Å². The summed E-state index contributed by atoms with van der Waals surface area (Å²) in [5.41, 5.74) is 1.69. The zero-order valence-corrected chi connectivity index (χ0v) is 18.2. The molecule has 1 fully saturated rings. The van der Waals surface area contributed by atoms with Crippen molar-refractivity contribution in [2.24, 2.45) is 4.99 Å². The summed E-state index contributed by atoms with van der Waals surface area (Å²) in [6, 6.07) is 3.75. The fourth-order valence-electron chi connectivity index (χ4n) is 3.35. The summed E-state index contributed by atoms with van der Waals surface area (Å²) in [4.78, 5) is 11.6. The number of amidine groups is 1. The minimum atomic E-state index is -0.200. The lowest BCUT2D eigenvalue weighted by Crippen LogP contribution is -2.58. The third-order valence-corrected chi connectivity index (χ3v) is 6.32. The topological polar surface area (TPSA) is 52.5 Å². The molecule has 3 heterocycles. The Kier molecular flexibility index (Phi) is 6.63. The van der Waals surface area contributed by atoms with Gasteiger partial charge in [0, 0.05) is 24.7 Å². The smallest absolute Gasteiger partial charge is 0.127 e. The first-order chi connectivity index (χ1) is 13.1. The van der Waals surface area contributed by atoms with Crippen molar-refractivity contribution >= 4 is 51.7 Å². The summed E-state index contributed by atoms with van der Waals surface area (Å²) in [7, 11) is 2.15. The Hall–Kier alpha value is -1.34. The highest BCUT2D eigenvalue weighted by molar-refractivity contribution is 7.09. The Balaban J connectivity index is 0.00000102. The van der Waals surface area contributed by atoms with Crippen molar-refractivity contribution in [2.75, 3.05) is 30.8 Å². The van der Waals surface area contributed by atoms with E-state index >= 15 is 0 Å². The van der Waals surface area contributed by atoms with E-state index in [0.29, 0.717) is 16.6 Å². The summed E-state index contributed by atoms with van der Waals surface area (Å²) in [6.07, 6.45) is 3.77. The van der Waals surface area contributed by atoms with Crippen molar-refractivity contribution in [3.05, 3.63) is 38.8 Å². The zero-order valence-electron chi connectivity index (χ0n) is 15.9. The van der Waals surface area contributed by atoms with Crippen LogP contribution in [0.15, 0.2) is 28.7 Å². The summed E-state index contributed by atoms with van der Waals surface area (Å²) < 4.78 is 0. The fourth-order valence-corrected chi connectivity index (χ4v) is 4.22. The molecule has 2 aliphatic heterocycles. The Morgan fingerprint density at radius 2 is 1.85 bits per heavy atom. The molecule has 0 unspecified atom stereocenters. The minimum Gasteiger partial charge on any atom is -0.371 e. The molecule has 8 heteroatoms. The Labute approximate surface area is 174 Å². The number of likely N-dealkylation sites (tertiary alicyclic amines) is 1. The van der Waals surface area contributed by atoms with E-state index in [-0.39, 0.29) is 5.54 Å². The van der Waals surface area contributed by atoms with Crippen LogP contribution < -0.4 is 10.6 Å². The number of aliphatic imine (C=N–C) groups is 1. The average Bonchev–Trinajstić information content (AvgIpc) is 3.19. The molecule has 2 aromatic rings. The van der Waals surface area contributed by atoms with Gasteiger partial charge in [0.1, 0.15) is 10.8 Å². The Bertz CT molecular complexity index is 799. The van der Waals surface area contributed by atoms with Gasteiger partial charge in [-0.15, -0.1) is 11.3 Å². The van der Waals surface area contributed by atoms with Gasteiger partial charge < -0.3 is 15.5 Å². The SMILES string of the molecule is CC.CN1CCC2(CC1)Nc1cc(Cl)c(Cl)cc1NC2=NCc1nccs1. The van der Waals surface area contributed by atoms with E-state index < -0.39 is 0 Å². The largest absolute Gasteiger partial charge is 0.371 e. The average molecular weight is 426 g/mol. The van der Waals surface area contributed by atoms with Crippen LogP contribution in [-0.2, 0) is 6.54 Å². The summed E-state index contributed by atoms with van der Waals surface area (Å²) in [5, 5.41) is 11.3. The second kappa shape index (κ2) is 8.78. The summed E-state index contributed by atoms with van der Waals surface area (Å²) in [6.45, 7) is 6.61. The first kappa shape index (κ1) is 20.4. The van der Waals surface area contributed by atoms with Crippen molar-refractivity contribution in [3.63, 3.8) is 0 Å². The van der Waals surface area contributed by atoms with E-state index in [1.54, 1.807) is 11.3 Å². The molecule has 27 heavy (non-hydrogen) atoms. The van der Waals surface area contributed by atoms with Gasteiger partial charge in [-0.1, -0.05) is 37.0 Å². The predicted octanol–water partition coefficient (Wildman–Crippen LogP) is 5.38. The summed E-state index contributed by atoms with van der Waals surface area (Å²) >= 11 is 14.0. The molecular weight excluding hydrogens is 401 g/mol. The van der Waals surface area contributed by atoms with Crippen LogP contribution in [0.25, 0.3) is 0 Å². The van der Waals surface area contributed by atoms with Crippen LogP contribution in [0.3, 0.4) is 0 Å². The lowest BCUT2D eigenvalue weighted by atomic mass is 9.84. The molecule has 2 aliphatic rings.